The van der Waals surface area contributed by atoms with Crippen molar-refractivity contribution in [2.75, 3.05) is 13.8 Å². The topological polar surface area (TPSA) is 96.0 Å². The molecule has 2 N–H and O–H groups in total. The number of nitrogens with two attached hydrogens (primary N) is 1. The maximum absolute atomic E-state index is 14.7. The second-order valence-electron chi connectivity index (χ2n) is 7.00. The van der Waals surface area contributed by atoms with Crippen LogP contribution in [0, 0.1) is 5.82 Å². The zero-order valence-corrected chi connectivity index (χ0v) is 16.6. The molecule has 7 nitrogen and oxygen atoms in total. The van der Waals surface area contributed by atoms with Crippen LogP contribution < -0.4 is 10.5 Å². The summed E-state index contributed by atoms with van der Waals surface area (Å²) in [6.07, 6.45) is -1.15. The molecule has 0 fully saturated rings. The van der Waals surface area contributed by atoms with Crippen LogP contribution in [0.2, 0.25) is 0 Å². The van der Waals surface area contributed by atoms with E-state index in [1.54, 1.807) is 0 Å². The number of ether oxygens (including phenoxy) is 3. The van der Waals surface area contributed by atoms with Crippen LogP contribution in [0.3, 0.4) is 0 Å². The Balaban J connectivity index is 1.98. The van der Waals surface area contributed by atoms with Gasteiger partial charge < -0.3 is 19.9 Å². The molecule has 11 heteroatoms. The number of amidine groups is 1. The number of aliphatic imine (C=N–C) groups is 1. The van der Waals surface area contributed by atoms with Gasteiger partial charge in [-0.25, -0.2) is 32.3 Å². The minimum Gasteiger partial charge on any atom is -0.465 e. The van der Waals surface area contributed by atoms with Gasteiger partial charge in [0, 0.05) is 31.2 Å². The SMILES string of the molecule is COC(=O)c1ccnc(Oc2ccc(F)c([C@]3(CF)C[C@@H](C(C)(F)F)OC(N)=N3)c2)c1. The lowest BCUT2D eigenvalue weighted by molar-refractivity contribution is -0.106. The zero-order valence-electron chi connectivity index (χ0n) is 16.6. The number of esters is 1. The van der Waals surface area contributed by atoms with Crippen molar-refractivity contribution >= 4 is 12.0 Å². The number of aromatic nitrogens is 1. The number of hydrogen-bond acceptors (Lipinski definition) is 7. The van der Waals surface area contributed by atoms with E-state index in [4.69, 9.17) is 15.2 Å². The molecule has 0 unspecified atom stereocenters. The van der Waals surface area contributed by atoms with Crippen molar-refractivity contribution in [3.8, 4) is 11.6 Å². The Morgan fingerprint density at radius 2 is 2.10 bits per heavy atom. The molecule has 0 saturated carbocycles. The number of carbonyl (C=O) groups is 1. The number of hydrogen-bond donors (Lipinski definition) is 1. The molecule has 1 aromatic heterocycles. The van der Waals surface area contributed by atoms with Gasteiger partial charge in [0.25, 0.3) is 11.9 Å². The van der Waals surface area contributed by atoms with E-state index in [0.29, 0.717) is 6.92 Å². The molecule has 0 aliphatic carbocycles. The average molecular weight is 441 g/mol. The third-order valence-electron chi connectivity index (χ3n) is 4.71. The van der Waals surface area contributed by atoms with E-state index < -0.39 is 48.5 Å². The van der Waals surface area contributed by atoms with Crippen molar-refractivity contribution in [2.24, 2.45) is 10.7 Å². The fourth-order valence-electron chi connectivity index (χ4n) is 3.14. The summed E-state index contributed by atoms with van der Waals surface area (Å²) >= 11 is 0. The minimum absolute atomic E-state index is 0.0128. The Bertz CT molecular complexity index is 1010. The Morgan fingerprint density at radius 1 is 1.35 bits per heavy atom. The van der Waals surface area contributed by atoms with E-state index in [0.717, 1.165) is 12.1 Å². The fraction of sp³-hybridized carbons (Fsp3) is 0.350. The number of halogens is 4. The molecule has 2 aromatic rings. The van der Waals surface area contributed by atoms with E-state index in [1.807, 2.05) is 0 Å². The van der Waals surface area contributed by atoms with Gasteiger partial charge in [0.2, 0.25) is 5.88 Å². The van der Waals surface area contributed by atoms with Crippen molar-refractivity contribution in [3.05, 3.63) is 53.5 Å². The lowest BCUT2D eigenvalue weighted by Crippen LogP contribution is -2.48. The number of alkyl halides is 3. The molecule has 31 heavy (non-hydrogen) atoms. The Kier molecular flexibility index (Phi) is 6.05. The van der Waals surface area contributed by atoms with Gasteiger partial charge >= 0.3 is 5.97 Å². The Labute approximate surface area is 174 Å². The van der Waals surface area contributed by atoms with Crippen molar-refractivity contribution in [3.63, 3.8) is 0 Å². The van der Waals surface area contributed by atoms with Crippen LogP contribution in [0.1, 0.15) is 29.3 Å². The number of nitrogens with zero attached hydrogens (tertiary/aromatic N) is 2. The quantitative estimate of drug-likeness (QED) is 0.542. The normalized spacial score (nSPS) is 21.1. The average Bonchev–Trinajstić information content (AvgIpc) is 2.73. The van der Waals surface area contributed by atoms with Crippen LogP contribution in [-0.4, -0.2) is 42.8 Å². The fourth-order valence-corrected chi connectivity index (χ4v) is 3.14. The third kappa shape index (κ3) is 4.70. The number of pyridine rings is 1. The zero-order chi connectivity index (χ0) is 22.8. The second-order valence-corrected chi connectivity index (χ2v) is 7.00. The number of rotatable bonds is 6. The highest BCUT2D eigenvalue weighted by atomic mass is 19.3. The lowest BCUT2D eigenvalue weighted by Gasteiger charge is -2.38. The molecular formula is C20H19F4N3O4. The highest BCUT2D eigenvalue weighted by molar-refractivity contribution is 5.89. The summed E-state index contributed by atoms with van der Waals surface area (Å²) in [6.45, 7) is -0.713. The monoisotopic (exact) mass is 441 g/mol. The van der Waals surface area contributed by atoms with E-state index >= 15 is 0 Å². The van der Waals surface area contributed by atoms with Gasteiger partial charge in [0.1, 0.15) is 23.8 Å². The molecule has 1 aliphatic rings. The summed E-state index contributed by atoms with van der Waals surface area (Å²) in [5.74, 6) is -4.90. The first-order chi connectivity index (χ1) is 14.6. The van der Waals surface area contributed by atoms with Gasteiger partial charge in [-0.05, 0) is 24.3 Å². The summed E-state index contributed by atoms with van der Waals surface area (Å²) < 4.78 is 71.5. The largest absolute Gasteiger partial charge is 0.465 e. The first kappa shape index (κ1) is 22.3. The van der Waals surface area contributed by atoms with Crippen LogP contribution in [-0.2, 0) is 15.0 Å². The highest BCUT2D eigenvalue weighted by Crippen LogP contribution is 2.42. The summed E-state index contributed by atoms with van der Waals surface area (Å²) in [5, 5.41) is 0. The number of carbonyl (C=O) groups excluding carboxylic acids is 1. The summed E-state index contributed by atoms with van der Waals surface area (Å²) in [6, 6.07) is 5.35. The van der Waals surface area contributed by atoms with Crippen molar-refractivity contribution < 1.29 is 36.6 Å². The maximum atomic E-state index is 14.7. The first-order valence-corrected chi connectivity index (χ1v) is 9.06. The van der Waals surface area contributed by atoms with E-state index in [-0.39, 0.29) is 22.8 Å². The van der Waals surface area contributed by atoms with Gasteiger partial charge in [0.15, 0.2) is 6.10 Å². The molecule has 3 rings (SSSR count). The van der Waals surface area contributed by atoms with Crippen LogP contribution in [0.4, 0.5) is 17.6 Å². The molecule has 166 valence electrons. The molecule has 0 bridgehead atoms. The Hall–Kier alpha value is -3.37. The third-order valence-corrected chi connectivity index (χ3v) is 4.71. The smallest absolute Gasteiger partial charge is 0.338 e. The van der Waals surface area contributed by atoms with Crippen molar-refractivity contribution in [1.29, 1.82) is 0 Å². The minimum atomic E-state index is -3.37. The lowest BCUT2D eigenvalue weighted by atomic mass is 9.83. The molecule has 0 saturated heterocycles. The van der Waals surface area contributed by atoms with Crippen molar-refractivity contribution in [1.82, 2.24) is 4.98 Å². The number of methoxy groups -OCH3 is 1. The summed E-state index contributed by atoms with van der Waals surface area (Å²) in [7, 11) is 1.21. The van der Waals surface area contributed by atoms with Gasteiger partial charge in [-0.2, -0.15) is 0 Å². The Morgan fingerprint density at radius 3 is 2.74 bits per heavy atom. The molecule has 0 radical (unpaired) electrons. The van der Waals surface area contributed by atoms with Gasteiger partial charge in [-0.15, -0.1) is 0 Å². The van der Waals surface area contributed by atoms with Gasteiger partial charge in [-0.1, -0.05) is 0 Å². The predicted octanol–water partition coefficient (Wildman–Crippen LogP) is 3.72. The number of benzene rings is 1. The summed E-state index contributed by atoms with van der Waals surface area (Å²) in [5.41, 5.74) is 3.29. The van der Waals surface area contributed by atoms with Crippen LogP contribution >= 0.6 is 0 Å². The molecule has 0 spiro atoms. The van der Waals surface area contributed by atoms with Crippen LogP contribution in [0.25, 0.3) is 0 Å². The predicted molar refractivity (Wildman–Crippen MR) is 101 cm³/mol. The highest BCUT2D eigenvalue weighted by Gasteiger charge is 2.49. The summed E-state index contributed by atoms with van der Waals surface area (Å²) in [4.78, 5) is 19.4. The maximum Gasteiger partial charge on any atom is 0.338 e. The standard InChI is InChI=1S/C20H19F4N3O4/c1-19(23,24)15-9-20(10-21,27-18(25)31-15)13-8-12(3-4-14(13)22)30-16-7-11(5-6-26-16)17(28)29-2/h3-8,15H,9-10H2,1-2H3,(H2,25,27)/t15-,20+/m0/s1. The van der Waals surface area contributed by atoms with Crippen LogP contribution in [0.15, 0.2) is 41.5 Å². The second kappa shape index (κ2) is 8.40. The van der Waals surface area contributed by atoms with Gasteiger partial charge in [-0.3, -0.25) is 0 Å². The molecule has 2 atom stereocenters. The van der Waals surface area contributed by atoms with Crippen LogP contribution in [0.5, 0.6) is 11.6 Å². The van der Waals surface area contributed by atoms with E-state index in [9.17, 15) is 22.4 Å². The van der Waals surface area contributed by atoms with Crippen molar-refractivity contribution in [2.45, 2.75) is 30.9 Å². The van der Waals surface area contributed by atoms with E-state index in [2.05, 4.69) is 14.7 Å². The molecule has 1 aromatic carbocycles. The molecule has 1 aliphatic heterocycles. The van der Waals surface area contributed by atoms with E-state index in [1.165, 1.54) is 31.5 Å². The molecule has 0 amide bonds. The molecular weight excluding hydrogens is 422 g/mol. The van der Waals surface area contributed by atoms with Gasteiger partial charge in [0.05, 0.1) is 12.7 Å². The first-order valence-electron chi connectivity index (χ1n) is 9.06. The molecule has 2 heterocycles.